The van der Waals surface area contributed by atoms with Crippen molar-refractivity contribution in [2.24, 2.45) is 0 Å². The molecular weight excluding hydrogens is 224 g/mol. The van der Waals surface area contributed by atoms with E-state index in [9.17, 15) is 15.0 Å². The number of aliphatic hydroxyl groups excluding tert-OH is 2. The number of nitrogens with one attached hydrogen (secondary N) is 1. The number of aliphatic hydroxyl groups is 2. The minimum absolute atomic E-state index is 0.0786. The SMILES string of the molecule is CC(=O)NCC(O)C(O)c1cncc(N)c1N. The highest BCUT2D eigenvalue weighted by atomic mass is 16.3. The Balaban J connectivity index is 2.77. The molecule has 1 rings (SSSR count). The number of anilines is 2. The second-order valence-electron chi connectivity index (χ2n) is 3.68. The molecule has 7 N–H and O–H groups in total. The van der Waals surface area contributed by atoms with Crippen LogP contribution in [0.1, 0.15) is 18.6 Å². The fraction of sp³-hybridized carbons (Fsp3) is 0.400. The lowest BCUT2D eigenvalue weighted by atomic mass is 10.0. The summed E-state index contributed by atoms with van der Waals surface area (Å²) in [5, 5.41) is 21.9. The summed E-state index contributed by atoms with van der Waals surface area (Å²) in [5.74, 6) is -0.296. The lowest BCUT2D eigenvalue weighted by molar-refractivity contribution is -0.119. The van der Waals surface area contributed by atoms with Crippen molar-refractivity contribution in [2.45, 2.75) is 19.1 Å². The third-order valence-corrected chi connectivity index (χ3v) is 2.29. The van der Waals surface area contributed by atoms with Gasteiger partial charge in [-0.3, -0.25) is 9.78 Å². The van der Waals surface area contributed by atoms with Gasteiger partial charge in [0.25, 0.3) is 0 Å². The van der Waals surface area contributed by atoms with E-state index in [0.29, 0.717) is 0 Å². The maximum absolute atomic E-state index is 10.7. The molecule has 0 aliphatic carbocycles. The van der Waals surface area contributed by atoms with Crippen molar-refractivity contribution in [1.29, 1.82) is 0 Å². The second-order valence-corrected chi connectivity index (χ2v) is 3.68. The largest absolute Gasteiger partial charge is 0.397 e. The van der Waals surface area contributed by atoms with Crippen molar-refractivity contribution >= 4 is 17.3 Å². The van der Waals surface area contributed by atoms with Crippen LogP contribution in [0.4, 0.5) is 11.4 Å². The molecular formula is C10H16N4O3. The van der Waals surface area contributed by atoms with E-state index in [1.807, 2.05) is 0 Å². The first-order valence-electron chi connectivity index (χ1n) is 5.03. The van der Waals surface area contributed by atoms with Gasteiger partial charge >= 0.3 is 0 Å². The first-order chi connectivity index (χ1) is 7.93. The summed E-state index contributed by atoms with van der Waals surface area (Å²) in [6.07, 6.45) is 0.252. The van der Waals surface area contributed by atoms with Crippen LogP contribution in [0.25, 0.3) is 0 Å². The molecule has 0 fully saturated rings. The molecule has 0 aliphatic heterocycles. The molecule has 2 atom stereocenters. The topological polar surface area (TPSA) is 134 Å². The normalized spacial score (nSPS) is 14.1. The van der Waals surface area contributed by atoms with Gasteiger partial charge in [-0.15, -0.1) is 0 Å². The summed E-state index contributed by atoms with van der Waals surface area (Å²) in [4.78, 5) is 14.4. The van der Waals surface area contributed by atoms with Crippen LogP contribution in [0.5, 0.6) is 0 Å². The number of rotatable bonds is 4. The zero-order valence-corrected chi connectivity index (χ0v) is 9.42. The molecule has 0 radical (unpaired) electrons. The Morgan fingerprint density at radius 3 is 2.71 bits per heavy atom. The van der Waals surface area contributed by atoms with Crippen molar-refractivity contribution in [3.05, 3.63) is 18.0 Å². The van der Waals surface area contributed by atoms with Crippen molar-refractivity contribution in [3.63, 3.8) is 0 Å². The number of carbonyl (C=O) groups excluding carboxylic acids is 1. The van der Waals surface area contributed by atoms with Gasteiger partial charge in [-0.25, -0.2) is 0 Å². The Kier molecular flexibility index (Phi) is 4.24. The maximum atomic E-state index is 10.7. The number of hydrogen-bond acceptors (Lipinski definition) is 6. The van der Waals surface area contributed by atoms with E-state index >= 15 is 0 Å². The van der Waals surface area contributed by atoms with Gasteiger partial charge in [-0.2, -0.15) is 0 Å². The van der Waals surface area contributed by atoms with Crippen molar-refractivity contribution in [2.75, 3.05) is 18.0 Å². The van der Waals surface area contributed by atoms with Crippen LogP contribution in [0.2, 0.25) is 0 Å². The molecule has 0 saturated heterocycles. The smallest absolute Gasteiger partial charge is 0.216 e. The Morgan fingerprint density at radius 2 is 2.12 bits per heavy atom. The van der Waals surface area contributed by atoms with Crippen molar-refractivity contribution in [1.82, 2.24) is 10.3 Å². The Labute approximate surface area is 98.5 Å². The molecule has 0 bridgehead atoms. The van der Waals surface area contributed by atoms with Crippen molar-refractivity contribution in [3.8, 4) is 0 Å². The Hall–Kier alpha value is -1.86. The number of carbonyl (C=O) groups is 1. The predicted molar refractivity (Wildman–Crippen MR) is 62.7 cm³/mol. The van der Waals surface area contributed by atoms with Gasteiger partial charge in [0.05, 0.1) is 17.6 Å². The zero-order chi connectivity index (χ0) is 13.0. The Bertz CT molecular complexity index is 411. The lowest BCUT2D eigenvalue weighted by Crippen LogP contribution is -2.34. The third-order valence-electron chi connectivity index (χ3n) is 2.29. The van der Waals surface area contributed by atoms with E-state index in [1.54, 1.807) is 0 Å². The molecule has 94 valence electrons. The molecule has 0 aliphatic rings. The minimum atomic E-state index is -1.25. The highest BCUT2D eigenvalue weighted by Gasteiger charge is 2.21. The highest BCUT2D eigenvalue weighted by Crippen LogP contribution is 2.26. The number of aromatic nitrogens is 1. The summed E-state index contributed by atoms with van der Waals surface area (Å²) in [6, 6.07) is 0. The van der Waals surface area contributed by atoms with E-state index in [0.717, 1.165) is 0 Å². The standard InChI is InChI=1S/C10H16N4O3/c1-5(15)14-4-8(16)10(17)6-2-13-3-7(11)9(6)12/h2-3,8,10,16-17H,4,11H2,1H3,(H2,12,13)(H,14,15). The summed E-state index contributed by atoms with van der Waals surface area (Å²) in [6.45, 7) is 1.24. The number of hydrogen-bond donors (Lipinski definition) is 5. The quantitative estimate of drug-likeness (QED) is 0.447. The zero-order valence-electron chi connectivity index (χ0n) is 9.42. The van der Waals surface area contributed by atoms with Crippen LogP contribution in [-0.4, -0.2) is 33.8 Å². The summed E-state index contributed by atoms with van der Waals surface area (Å²) >= 11 is 0. The van der Waals surface area contributed by atoms with E-state index in [-0.39, 0.29) is 29.4 Å². The number of nitrogen functional groups attached to an aromatic ring is 2. The number of amides is 1. The van der Waals surface area contributed by atoms with Crippen LogP contribution in [0, 0.1) is 0 Å². The number of nitrogens with two attached hydrogens (primary N) is 2. The monoisotopic (exact) mass is 240 g/mol. The second kappa shape index (κ2) is 5.46. The average molecular weight is 240 g/mol. The van der Waals surface area contributed by atoms with Gasteiger partial charge in [0.2, 0.25) is 5.91 Å². The van der Waals surface area contributed by atoms with Gasteiger partial charge in [-0.1, -0.05) is 0 Å². The molecule has 1 aromatic heterocycles. The van der Waals surface area contributed by atoms with E-state index in [1.165, 1.54) is 19.3 Å². The van der Waals surface area contributed by atoms with Crippen LogP contribution < -0.4 is 16.8 Å². The van der Waals surface area contributed by atoms with Gasteiger partial charge in [0, 0.05) is 25.2 Å². The van der Waals surface area contributed by atoms with E-state index in [4.69, 9.17) is 11.5 Å². The lowest BCUT2D eigenvalue weighted by Gasteiger charge is -2.19. The van der Waals surface area contributed by atoms with Crippen LogP contribution in [-0.2, 0) is 4.79 Å². The van der Waals surface area contributed by atoms with Crippen molar-refractivity contribution < 1.29 is 15.0 Å². The Morgan fingerprint density at radius 1 is 1.47 bits per heavy atom. The predicted octanol–water partition coefficient (Wildman–Crippen LogP) is -1.22. The first kappa shape index (κ1) is 13.2. The van der Waals surface area contributed by atoms with Gasteiger partial charge < -0.3 is 27.0 Å². The summed E-state index contributed by atoms with van der Waals surface area (Å²) in [5.41, 5.74) is 11.8. The minimum Gasteiger partial charge on any atom is -0.397 e. The molecule has 1 heterocycles. The highest BCUT2D eigenvalue weighted by molar-refractivity contribution is 5.72. The summed E-state index contributed by atoms with van der Waals surface area (Å²) < 4.78 is 0. The van der Waals surface area contributed by atoms with Crippen LogP contribution >= 0.6 is 0 Å². The molecule has 0 aromatic carbocycles. The molecule has 2 unspecified atom stereocenters. The molecule has 1 aromatic rings. The average Bonchev–Trinajstić information content (AvgIpc) is 2.28. The molecule has 1 amide bonds. The van der Waals surface area contributed by atoms with Gasteiger partial charge in [0.15, 0.2) is 0 Å². The molecule has 17 heavy (non-hydrogen) atoms. The molecule has 0 saturated carbocycles. The molecule has 0 spiro atoms. The van der Waals surface area contributed by atoms with Crippen LogP contribution in [0.3, 0.4) is 0 Å². The number of nitrogens with zero attached hydrogens (tertiary/aromatic N) is 1. The fourth-order valence-electron chi connectivity index (χ4n) is 1.31. The van der Waals surface area contributed by atoms with Gasteiger partial charge in [-0.05, 0) is 0 Å². The molecule has 7 heteroatoms. The first-order valence-corrected chi connectivity index (χ1v) is 5.03. The van der Waals surface area contributed by atoms with Crippen LogP contribution in [0.15, 0.2) is 12.4 Å². The van der Waals surface area contributed by atoms with E-state index in [2.05, 4.69) is 10.3 Å². The fourth-order valence-corrected chi connectivity index (χ4v) is 1.31. The molecule has 7 nitrogen and oxygen atoms in total. The maximum Gasteiger partial charge on any atom is 0.216 e. The third kappa shape index (κ3) is 3.30. The van der Waals surface area contributed by atoms with Gasteiger partial charge in [0.1, 0.15) is 12.2 Å². The van der Waals surface area contributed by atoms with E-state index < -0.39 is 12.2 Å². The summed E-state index contributed by atoms with van der Waals surface area (Å²) in [7, 11) is 0. The number of pyridine rings is 1.